The second-order valence-corrected chi connectivity index (χ2v) is 7.41. The average molecular weight is 390 g/mol. The summed E-state index contributed by atoms with van der Waals surface area (Å²) in [5, 5.41) is 7.37. The van der Waals surface area contributed by atoms with E-state index >= 15 is 0 Å². The maximum absolute atomic E-state index is 13.1. The Hall–Kier alpha value is -3.06. The molecule has 1 fully saturated rings. The van der Waals surface area contributed by atoms with Crippen LogP contribution in [0.5, 0.6) is 0 Å². The first-order chi connectivity index (χ1) is 14.2. The van der Waals surface area contributed by atoms with E-state index in [1.54, 1.807) is 18.1 Å². The molecule has 3 heterocycles. The van der Waals surface area contributed by atoms with Crippen molar-refractivity contribution in [3.05, 3.63) is 59.7 Å². The van der Waals surface area contributed by atoms with Crippen LogP contribution in [-0.2, 0) is 6.54 Å². The van der Waals surface area contributed by atoms with Crippen LogP contribution in [0.25, 0.3) is 10.9 Å². The first-order valence-corrected chi connectivity index (χ1v) is 10.0. The molecule has 0 bridgehead atoms. The SMILES string of the molecule is CNc1cc(C2CCNCC2)nc(CN(C)C(=O)c2cccc3ncccc23)n1. The molecular formula is C22H26N6O. The summed E-state index contributed by atoms with van der Waals surface area (Å²) in [5.41, 5.74) is 2.51. The van der Waals surface area contributed by atoms with E-state index in [0.717, 1.165) is 48.3 Å². The summed E-state index contributed by atoms with van der Waals surface area (Å²) in [6, 6.07) is 11.4. The molecule has 7 nitrogen and oxygen atoms in total. The van der Waals surface area contributed by atoms with Gasteiger partial charge in [0.05, 0.1) is 12.1 Å². The lowest BCUT2D eigenvalue weighted by molar-refractivity contribution is 0.0783. The van der Waals surface area contributed by atoms with Gasteiger partial charge in [-0.25, -0.2) is 9.97 Å². The van der Waals surface area contributed by atoms with Crippen molar-refractivity contribution in [3.8, 4) is 0 Å². The fraction of sp³-hybridized carbons (Fsp3) is 0.364. The summed E-state index contributed by atoms with van der Waals surface area (Å²) in [4.78, 5) is 28.5. The number of rotatable bonds is 5. The molecule has 3 aromatic rings. The average Bonchev–Trinajstić information content (AvgIpc) is 2.78. The molecule has 1 aliphatic rings. The number of amides is 1. The molecule has 1 aliphatic heterocycles. The number of carbonyl (C=O) groups is 1. The van der Waals surface area contributed by atoms with Crippen molar-refractivity contribution in [3.63, 3.8) is 0 Å². The third-order valence-corrected chi connectivity index (χ3v) is 5.41. The molecule has 0 aliphatic carbocycles. The molecule has 0 saturated carbocycles. The van der Waals surface area contributed by atoms with Crippen LogP contribution in [0.4, 0.5) is 5.82 Å². The largest absolute Gasteiger partial charge is 0.373 e. The third kappa shape index (κ3) is 4.19. The van der Waals surface area contributed by atoms with Crippen molar-refractivity contribution in [1.29, 1.82) is 0 Å². The van der Waals surface area contributed by atoms with Crippen molar-refractivity contribution in [2.45, 2.75) is 25.3 Å². The van der Waals surface area contributed by atoms with Gasteiger partial charge >= 0.3 is 0 Å². The highest BCUT2D eigenvalue weighted by Crippen LogP contribution is 2.25. The number of benzene rings is 1. The van der Waals surface area contributed by atoms with Crippen molar-refractivity contribution < 1.29 is 4.79 Å². The molecule has 4 rings (SSSR count). The number of carbonyl (C=O) groups excluding carboxylic acids is 1. The Morgan fingerprint density at radius 1 is 1.21 bits per heavy atom. The van der Waals surface area contributed by atoms with E-state index in [0.29, 0.717) is 23.9 Å². The minimum absolute atomic E-state index is 0.0644. The normalized spacial score (nSPS) is 14.7. The van der Waals surface area contributed by atoms with Crippen LogP contribution in [0.3, 0.4) is 0 Å². The van der Waals surface area contributed by atoms with Crippen molar-refractivity contribution in [2.24, 2.45) is 0 Å². The fourth-order valence-electron chi connectivity index (χ4n) is 3.82. The molecule has 1 aromatic carbocycles. The number of pyridine rings is 1. The van der Waals surface area contributed by atoms with E-state index in [9.17, 15) is 4.79 Å². The molecule has 150 valence electrons. The van der Waals surface area contributed by atoms with Crippen molar-refractivity contribution >= 4 is 22.6 Å². The Morgan fingerprint density at radius 2 is 2.03 bits per heavy atom. The lowest BCUT2D eigenvalue weighted by Gasteiger charge is -2.23. The zero-order valence-corrected chi connectivity index (χ0v) is 16.9. The number of aromatic nitrogens is 3. The molecule has 1 amide bonds. The minimum atomic E-state index is -0.0644. The number of nitrogens with zero attached hydrogens (tertiary/aromatic N) is 4. The van der Waals surface area contributed by atoms with Gasteiger partial charge in [0.25, 0.3) is 5.91 Å². The summed E-state index contributed by atoms with van der Waals surface area (Å²) in [6.07, 6.45) is 3.87. The van der Waals surface area contributed by atoms with E-state index in [2.05, 4.69) is 20.6 Å². The molecule has 7 heteroatoms. The van der Waals surface area contributed by atoms with Gasteiger partial charge in [0.2, 0.25) is 0 Å². The summed E-state index contributed by atoms with van der Waals surface area (Å²) in [7, 11) is 3.65. The predicted octanol–water partition coefficient (Wildman–Crippen LogP) is 2.81. The quantitative estimate of drug-likeness (QED) is 0.697. The Morgan fingerprint density at radius 3 is 2.83 bits per heavy atom. The Labute approximate surface area is 170 Å². The van der Waals surface area contributed by atoms with E-state index in [-0.39, 0.29) is 5.91 Å². The van der Waals surface area contributed by atoms with Gasteiger partial charge in [0.1, 0.15) is 11.6 Å². The summed E-state index contributed by atoms with van der Waals surface area (Å²) >= 11 is 0. The van der Waals surface area contributed by atoms with Gasteiger partial charge in [0.15, 0.2) is 0 Å². The molecule has 0 unspecified atom stereocenters. The molecule has 29 heavy (non-hydrogen) atoms. The van der Waals surface area contributed by atoms with Gasteiger partial charge < -0.3 is 15.5 Å². The summed E-state index contributed by atoms with van der Waals surface area (Å²) < 4.78 is 0. The standard InChI is InChI=1S/C22H26N6O/c1-23-20-13-19(15-8-11-24-12-9-15)26-21(27-20)14-28(2)22(29)17-5-3-7-18-16(17)6-4-10-25-18/h3-7,10,13,15,24H,8-9,11-12,14H2,1-2H3,(H,23,26,27). The van der Waals surface area contributed by atoms with E-state index in [1.165, 1.54) is 0 Å². The van der Waals surface area contributed by atoms with E-state index in [1.807, 2.05) is 43.4 Å². The molecule has 2 aromatic heterocycles. The van der Waals surface area contributed by atoms with Crippen LogP contribution in [0.15, 0.2) is 42.6 Å². The maximum Gasteiger partial charge on any atom is 0.254 e. The van der Waals surface area contributed by atoms with Crippen LogP contribution in [0.2, 0.25) is 0 Å². The zero-order valence-electron chi connectivity index (χ0n) is 16.9. The number of hydrogen-bond donors (Lipinski definition) is 2. The fourth-order valence-corrected chi connectivity index (χ4v) is 3.82. The van der Waals surface area contributed by atoms with Gasteiger partial charge in [-0.1, -0.05) is 12.1 Å². The summed E-state index contributed by atoms with van der Waals surface area (Å²) in [6.45, 7) is 2.36. The lowest BCUT2D eigenvalue weighted by Crippen LogP contribution is -2.29. The van der Waals surface area contributed by atoms with Crippen molar-refractivity contribution in [2.75, 3.05) is 32.5 Å². The molecule has 0 spiro atoms. The van der Waals surface area contributed by atoms with Gasteiger partial charge in [-0.15, -0.1) is 0 Å². The van der Waals surface area contributed by atoms with Gasteiger partial charge in [-0.2, -0.15) is 0 Å². The molecule has 0 radical (unpaired) electrons. The van der Waals surface area contributed by atoms with Crippen LogP contribution >= 0.6 is 0 Å². The Bertz CT molecular complexity index is 1010. The molecular weight excluding hydrogens is 364 g/mol. The lowest BCUT2D eigenvalue weighted by atomic mass is 9.94. The van der Waals surface area contributed by atoms with E-state index < -0.39 is 0 Å². The third-order valence-electron chi connectivity index (χ3n) is 5.41. The molecule has 2 N–H and O–H groups in total. The number of fused-ring (bicyclic) bond motifs is 1. The maximum atomic E-state index is 13.1. The van der Waals surface area contributed by atoms with Crippen molar-refractivity contribution in [1.82, 2.24) is 25.2 Å². The zero-order chi connectivity index (χ0) is 20.2. The number of anilines is 1. The number of nitrogens with one attached hydrogen (secondary N) is 2. The Balaban J connectivity index is 1.58. The highest BCUT2D eigenvalue weighted by molar-refractivity contribution is 6.05. The second-order valence-electron chi connectivity index (χ2n) is 7.41. The monoisotopic (exact) mass is 390 g/mol. The van der Waals surface area contributed by atoms with Gasteiger partial charge in [-0.3, -0.25) is 9.78 Å². The predicted molar refractivity (Wildman–Crippen MR) is 114 cm³/mol. The van der Waals surface area contributed by atoms with Crippen LogP contribution in [-0.4, -0.2) is 52.9 Å². The highest BCUT2D eigenvalue weighted by Gasteiger charge is 2.20. The highest BCUT2D eigenvalue weighted by atomic mass is 16.2. The first-order valence-electron chi connectivity index (χ1n) is 10.0. The topological polar surface area (TPSA) is 83.0 Å². The molecule has 1 saturated heterocycles. The van der Waals surface area contributed by atoms with Crippen LogP contribution in [0, 0.1) is 0 Å². The summed E-state index contributed by atoms with van der Waals surface area (Å²) in [5.74, 6) is 1.80. The van der Waals surface area contributed by atoms with Crippen LogP contribution in [0.1, 0.15) is 40.6 Å². The number of piperidine rings is 1. The van der Waals surface area contributed by atoms with Crippen LogP contribution < -0.4 is 10.6 Å². The van der Waals surface area contributed by atoms with Gasteiger partial charge in [0, 0.05) is 48.9 Å². The Kier molecular flexibility index (Phi) is 5.67. The number of hydrogen-bond acceptors (Lipinski definition) is 6. The van der Waals surface area contributed by atoms with Gasteiger partial charge in [-0.05, 0) is 44.1 Å². The smallest absolute Gasteiger partial charge is 0.254 e. The molecule has 0 atom stereocenters. The minimum Gasteiger partial charge on any atom is -0.373 e. The van der Waals surface area contributed by atoms with E-state index in [4.69, 9.17) is 4.98 Å². The second kappa shape index (κ2) is 8.53. The first kappa shape index (κ1) is 19.3.